The first kappa shape index (κ1) is 14.3. The molecule has 3 unspecified atom stereocenters. The second-order valence-corrected chi connectivity index (χ2v) is 5.34. The SMILES string of the molecule is CCC1(C(=O)O)CCCN1C(=O)C1CCC(CN)O1. The Balaban J connectivity index is 2.12. The Hall–Kier alpha value is -1.14. The van der Waals surface area contributed by atoms with Crippen molar-refractivity contribution in [3.8, 4) is 0 Å². The minimum Gasteiger partial charge on any atom is -0.479 e. The molecule has 6 heteroatoms. The molecule has 0 radical (unpaired) electrons. The van der Waals surface area contributed by atoms with Gasteiger partial charge in [0.25, 0.3) is 5.91 Å². The van der Waals surface area contributed by atoms with Crippen LogP contribution in [0.3, 0.4) is 0 Å². The highest BCUT2D eigenvalue weighted by Crippen LogP contribution is 2.35. The molecule has 0 aromatic heterocycles. The van der Waals surface area contributed by atoms with Crippen molar-refractivity contribution in [3.05, 3.63) is 0 Å². The van der Waals surface area contributed by atoms with Crippen molar-refractivity contribution in [2.75, 3.05) is 13.1 Å². The number of nitrogens with zero attached hydrogens (tertiary/aromatic N) is 1. The summed E-state index contributed by atoms with van der Waals surface area (Å²) in [6.45, 7) is 2.73. The molecule has 0 saturated carbocycles. The van der Waals surface area contributed by atoms with Gasteiger partial charge < -0.3 is 20.5 Å². The van der Waals surface area contributed by atoms with Crippen LogP contribution in [-0.2, 0) is 14.3 Å². The van der Waals surface area contributed by atoms with Crippen molar-refractivity contribution in [2.45, 2.75) is 56.8 Å². The minimum absolute atomic E-state index is 0.0718. The molecule has 0 aromatic carbocycles. The van der Waals surface area contributed by atoms with Gasteiger partial charge >= 0.3 is 5.97 Å². The van der Waals surface area contributed by atoms with Crippen molar-refractivity contribution in [1.29, 1.82) is 0 Å². The Labute approximate surface area is 112 Å². The first-order chi connectivity index (χ1) is 9.05. The van der Waals surface area contributed by atoms with Crippen LogP contribution in [0.1, 0.15) is 39.0 Å². The van der Waals surface area contributed by atoms with Crippen LogP contribution >= 0.6 is 0 Å². The summed E-state index contributed by atoms with van der Waals surface area (Å²) in [7, 11) is 0. The van der Waals surface area contributed by atoms with Gasteiger partial charge in [-0.3, -0.25) is 4.79 Å². The van der Waals surface area contributed by atoms with Crippen LogP contribution in [0.5, 0.6) is 0 Å². The number of rotatable bonds is 4. The highest BCUT2D eigenvalue weighted by atomic mass is 16.5. The average molecular weight is 270 g/mol. The van der Waals surface area contributed by atoms with Gasteiger partial charge in [-0.25, -0.2) is 4.79 Å². The van der Waals surface area contributed by atoms with Crippen LogP contribution in [0.4, 0.5) is 0 Å². The van der Waals surface area contributed by atoms with Gasteiger partial charge in [-0.1, -0.05) is 6.92 Å². The van der Waals surface area contributed by atoms with Crippen molar-refractivity contribution in [3.63, 3.8) is 0 Å². The molecule has 108 valence electrons. The van der Waals surface area contributed by atoms with E-state index in [9.17, 15) is 14.7 Å². The van der Waals surface area contributed by atoms with Gasteiger partial charge in [0.15, 0.2) is 0 Å². The Kier molecular flexibility index (Phi) is 4.10. The number of carbonyl (C=O) groups is 2. The highest BCUT2D eigenvalue weighted by Gasteiger charge is 2.50. The molecule has 2 aliphatic heterocycles. The van der Waals surface area contributed by atoms with Gasteiger partial charge in [-0.05, 0) is 32.1 Å². The van der Waals surface area contributed by atoms with Crippen molar-refractivity contribution < 1.29 is 19.4 Å². The minimum atomic E-state index is -1.04. The molecule has 6 nitrogen and oxygen atoms in total. The zero-order valence-corrected chi connectivity index (χ0v) is 11.3. The number of hydrogen-bond acceptors (Lipinski definition) is 4. The summed E-state index contributed by atoms with van der Waals surface area (Å²) < 4.78 is 5.59. The van der Waals surface area contributed by atoms with Gasteiger partial charge in [-0.15, -0.1) is 0 Å². The van der Waals surface area contributed by atoms with E-state index in [-0.39, 0.29) is 12.0 Å². The van der Waals surface area contributed by atoms with Crippen molar-refractivity contribution >= 4 is 11.9 Å². The van der Waals surface area contributed by atoms with Crippen LogP contribution < -0.4 is 5.73 Å². The lowest BCUT2D eigenvalue weighted by atomic mass is 9.92. The predicted octanol–water partition coefficient (Wildman–Crippen LogP) is 0.349. The number of carbonyl (C=O) groups excluding carboxylic acids is 1. The van der Waals surface area contributed by atoms with E-state index in [1.54, 1.807) is 0 Å². The molecule has 0 bridgehead atoms. The maximum Gasteiger partial charge on any atom is 0.329 e. The third-order valence-corrected chi connectivity index (χ3v) is 4.38. The van der Waals surface area contributed by atoms with Crippen molar-refractivity contribution in [1.82, 2.24) is 4.90 Å². The molecule has 0 aliphatic carbocycles. The quantitative estimate of drug-likeness (QED) is 0.769. The number of aliphatic carboxylic acids is 1. The van der Waals surface area contributed by atoms with Crippen LogP contribution in [-0.4, -0.2) is 52.7 Å². The molecule has 2 fully saturated rings. The Bertz CT molecular complexity index is 374. The maximum atomic E-state index is 12.5. The smallest absolute Gasteiger partial charge is 0.329 e. The van der Waals surface area contributed by atoms with Crippen LogP contribution in [0.25, 0.3) is 0 Å². The lowest BCUT2D eigenvalue weighted by Gasteiger charge is -2.35. The summed E-state index contributed by atoms with van der Waals surface area (Å²) in [4.78, 5) is 25.5. The molecule has 2 heterocycles. The zero-order valence-electron chi connectivity index (χ0n) is 11.3. The van der Waals surface area contributed by atoms with E-state index in [1.165, 1.54) is 4.90 Å². The molecule has 3 atom stereocenters. The first-order valence-electron chi connectivity index (χ1n) is 6.95. The second-order valence-electron chi connectivity index (χ2n) is 5.34. The molecular weight excluding hydrogens is 248 g/mol. The summed E-state index contributed by atoms with van der Waals surface area (Å²) in [5.74, 6) is -1.09. The number of carboxylic acids is 1. The largest absolute Gasteiger partial charge is 0.479 e. The number of likely N-dealkylation sites (tertiary alicyclic amines) is 1. The van der Waals surface area contributed by atoms with E-state index < -0.39 is 17.6 Å². The number of carboxylic acid groups (broad SMARTS) is 1. The van der Waals surface area contributed by atoms with E-state index in [0.717, 1.165) is 12.8 Å². The summed E-state index contributed by atoms with van der Waals surface area (Å²) in [6.07, 6.45) is 2.51. The van der Waals surface area contributed by atoms with E-state index in [0.29, 0.717) is 32.4 Å². The third-order valence-electron chi connectivity index (χ3n) is 4.38. The standard InChI is InChI=1S/C13H22N2O4/c1-2-13(12(17)18)6-3-7-15(13)11(16)10-5-4-9(8-14)19-10/h9-10H,2-8,14H2,1H3,(H,17,18). The lowest BCUT2D eigenvalue weighted by molar-refractivity contribution is -0.161. The lowest BCUT2D eigenvalue weighted by Crippen LogP contribution is -2.55. The summed E-state index contributed by atoms with van der Waals surface area (Å²) in [5, 5.41) is 9.47. The average Bonchev–Trinajstić information content (AvgIpc) is 3.04. The molecule has 2 aliphatic rings. The van der Waals surface area contributed by atoms with Gasteiger partial charge in [0, 0.05) is 13.1 Å². The topological polar surface area (TPSA) is 92.9 Å². The fourth-order valence-corrected chi connectivity index (χ4v) is 3.18. The molecule has 0 aromatic rings. The van der Waals surface area contributed by atoms with Gasteiger partial charge in [0.2, 0.25) is 0 Å². The normalized spacial score (nSPS) is 34.7. The molecule has 0 spiro atoms. The number of ether oxygens (including phenoxy) is 1. The van der Waals surface area contributed by atoms with Crippen LogP contribution in [0.15, 0.2) is 0 Å². The third kappa shape index (κ3) is 2.34. The number of nitrogens with two attached hydrogens (primary N) is 1. The Morgan fingerprint density at radius 1 is 1.47 bits per heavy atom. The summed E-state index contributed by atoms with van der Waals surface area (Å²) >= 11 is 0. The highest BCUT2D eigenvalue weighted by molar-refractivity contribution is 5.90. The zero-order chi connectivity index (χ0) is 14.0. The molecule has 2 saturated heterocycles. The molecule has 3 N–H and O–H groups in total. The van der Waals surface area contributed by atoms with Gasteiger partial charge in [-0.2, -0.15) is 0 Å². The first-order valence-corrected chi connectivity index (χ1v) is 6.95. The summed E-state index contributed by atoms with van der Waals surface area (Å²) in [6, 6.07) is 0. The van der Waals surface area contributed by atoms with Gasteiger partial charge in [0.1, 0.15) is 11.6 Å². The van der Waals surface area contributed by atoms with Crippen LogP contribution in [0, 0.1) is 0 Å². The fourth-order valence-electron chi connectivity index (χ4n) is 3.18. The van der Waals surface area contributed by atoms with Gasteiger partial charge in [0.05, 0.1) is 6.10 Å². The fraction of sp³-hybridized carbons (Fsp3) is 0.846. The van der Waals surface area contributed by atoms with E-state index in [2.05, 4.69) is 0 Å². The number of amides is 1. The van der Waals surface area contributed by atoms with E-state index in [1.807, 2.05) is 6.92 Å². The van der Waals surface area contributed by atoms with E-state index in [4.69, 9.17) is 10.5 Å². The maximum absolute atomic E-state index is 12.5. The Morgan fingerprint density at radius 3 is 2.74 bits per heavy atom. The predicted molar refractivity (Wildman–Crippen MR) is 68.6 cm³/mol. The molecule has 2 rings (SSSR count). The van der Waals surface area contributed by atoms with Crippen LogP contribution in [0.2, 0.25) is 0 Å². The van der Waals surface area contributed by atoms with Crippen molar-refractivity contribution in [2.24, 2.45) is 5.73 Å². The Morgan fingerprint density at radius 2 is 2.21 bits per heavy atom. The summed E-state index contributed by atoms with van der Waals surface area (Å²) in [5.41, 5.74) is 4.49. The number of hydrogen-bond donors (Lipinski definition) is 2. The molecule has 1 amide bonds. The second kappa shape index (κ2) is 5.46. The monoisotopic (exact) mass is 270 g/mol. The molecular formula is C13H22N2O4. The molecule has 19 heavy (non-hydrogen) atoms. The van der Waals surface area contributed by atoms with E-state index >= 15 is 0 Å².